The van der Waals surface area contributed by atoms with Crippen molar-refractivity contribution in [2.24, 2.45) is 4.99 Å². The highest BCUT2D eigenvalue weighted by molar-refractivity contribution is 7.62. The van der Waals surface area contributed by atoms with Crippen LogP contribution in [0.1, 0.15) is 48.5 Å². The Balaban J connectivity index is 3.27. The summed E-state index contributed by atoms with van der Waals surface area (Å²) in [6.45, 7) is 16.4. The van der Waals surface area contributed by atoms with Crippen LogP contribution in [0.15, 0.2) is 35.3 Å². The van der Waals surface area contributed by atoms with Crippen LogP contribution in [0.5, 0.6) is 0 Å². The van der Waals surface area contributed by atoms with Gasteiger partial charge in [0.25, 0.3) is 5.90 Å². The van der Waals surface area contributed by atoms with Gasteiger partial charge in [0, 0.05) is 0 Å². The van der Waals surface area contributed by atoms with Gasteiger partial charge in [-0.1, -0.05) is 18.2 Å². The predicted octanol–water partition coefficient (Wildman–Crippen LogP) is 5.63. The Hall–Kier alpha value is -1.14. The first-order valence-electron chi connectivity index (χ1n) is 7.55. The molecule has 0 saturated carbocycles. The molecule has 0 fully saturated rings. The molecule has 116 valence electrons. The van der Waals surface area contributed by atoms with Crippen molar-refractivity contribution >= 4 is 24.9 Å². The van der Waals surface area contributed by atoms with E-state index in [4.69, 9.17) is 4.74 Å². The molecule has 0 unspecified atom stereocenters. The lowest BCUT2D eigenvalue weighted by molar-refractivity contribution is 0.335. The Morgan fingerprint density at radius 1 is 1.05 bits per heavy atom. The zero-order valence-electron chi connectivity index (χ0n) is 14.5. The molecule has 0 saturated heterocycles. The molecule has 0 N–H and O–H groups in total. The minimum absolute atomic E-state index is 0.224. The van der Waals surface area contributed by atoms with E-state index < -0.39 is 0 Å². The fourth-order valence-corrected chi connectivity index (χ4v) is 5.52. The van der Waals surface area contributed by atoms with Crippen LogP contribution in [-0.4, -0.2) is 28.6 Å². The summed E-state index contributed by atoms with van der Waals surface area (Å²) in [5.41, 5.74) is 0.940. The average molecular weight is 306 g/mol. The standard InChI is InChI=1S/C18H29NOP/c1-8-20-16(19-15-12-10-9-11-13-15)14-21(17(2,3)4)18(5,6)7/h9-14H,8H2,1-7H3/q+1. The van der Waals surface area contributed by atoms with Crippen molar-refractivity contribution in [3.63, 3.8) is 0 Å². The molecule has 0 aliphatic carbocycles. The molecule has 0 heterocycles. The van der Waals surface area contributed by atoms with Gasteiger partial charge in [-0.3, -0.25) is 0 Å². The second kappa shape index (κ2) is 7.22. The van der Waals surface area contributed by atoms with E-state index in [2.05, 4.69) is 52.3 Å². The van der Waals surface area contributed by atoms with Gasteiger partial charge in [-0.25, -0.2) is 4.99 Å². The highest BCUT2D eigenvalue weighted by atomic mass is 31.1. The zero-order valence-corrected chi connectivity index (χ0v) is 15.4. The smallest absolute Gasteiger partial charge is 0.257 e. The maximum atomic E-state index is 5.78. The average Bonchev–Trinajstić information content (AvgIpc) is 2.34. The number of para-hydroxylation sites is 1. The normalized spacial score (nSPS) is 13.0. The summed E-state index contributed by atoms with van der Waals surface area (Å²) in [6.07, 6.45) is 0. The summed E-state index contributed by atoms with van der Waals surface area (Å²) in [5.74, 6) is 3.01. The summed E-state index contributed by atoms with van der Waals surface area (Å²) < 4.78 is 5.78. The van der Waals surface area contributed by atoms with Gasteiger partial charge in [0.15, 0.2) is 5.80 Å². The fraction of sp³-hybridized carbons (Fsp3) is 0.556. The fourth-order valence-electron chi connectivity index (χ4n) is 2.38. The molecular formula is C18H29NOP+. The molecule has 0 radical (unpaired) electrons. The molecule has 0 aromatic heterocycles. The van der Waals surface area contributed by atoms with Gasteiger partial charge < -0.3 is 4.74 Å². The molecule has 1 aromatic rings. The highest BCUT2D eigenvalue weighted by Gasteiger charge is 2.40. The van der Waals surface area contributed by atoms with E-state index in [0.717, 1.165) is 11.6 Å². The number of aliphatic imine (C=N–C) groups is 1. The Morgan fingerprint density at radius 2 is 1.57 bits per heavy atom. The Kier molecular flexibility index (Phi) is 6.16. The molecule has 3 heteroatoms. The third kappa shape index (κ3) is 6.01. The number of ether oxygens (including phenoxy) is 1. The van der Waals surface area contributed by atoms with E-state index in [-0.39, 0.29) is 17.9 Å². The summed E-state index contributed by atoms with van der Waals surface area (Å²) >= 11 is 0. The molecule has 0 aliphatic rings. The lowest BCUT2D eigenvalue weighted by Crippen LogP contribution is -2.23. The SMILES string of the molecule is CCOC(C=[P+](C(C)(C)C)C(C)(C)C)=Nc1ccccc1. The van der Waals surface area contributed by atoms with Crippen molar-refractivity contribution in [1.29, 1.82) is 0 Å². The van der Waals surface area contributed by atoms with Crippen molar-refractivity contribution in [1.82, 2.24) is 0 Å². The van der Waals surface area contributed by atoms with Gasteiger partial charge in [0.05, 0.1) is 12.3 Å². The van der Waals surface area contributed by atoms with E-state index >= 15 is 0 Å². The largest absolute Gasteiger partial charge is 0.475 e. The van der Waals surface area contributed by atoms with Crippen molar-refractivity contribution in [2.45, 2.75) is 58.8 Å². The second-order valence-electron chi connectivity index (χ2n) is 7.06. The molecule has 2 nitrogen and oxygen atoms in total. The third-order valence-corrected chi connectivity index (χ3v) is 6.34. The van der Waals surface area contributed by atoms with Crippen molar-refractivity contribution in [3.8, 4) is 0 Å². The monoisotopic (exact) mass is 306 g/mol. The number of nitrogens with zero attached hydrogens (tertiary/aromatic N) is 1. The first kappa shape index (κ1) is 17.9. The number of hydrogen-bond donors (Lipinski definition) is 0. The minimum atomic E-state index is -0.371. The molecule has 1 aromatic carbocycles. The van der Waals surface area contributed by atoms with E-state index in [1.54, 1.807) is 0 Å². The van der Waals surface area contributed by atoms with Crippen LogP contribution >= 0.6 is 7.55 Å². The first-order chi connectivity index (χ1) is 9.64. The van der Waals surface area contributed by atoms with Crippen LogP contribution in [0.2, 0.25) is 0 Å². The van der Waals surface area contributed by atoms with Crippen LogP contribution in [-0.2, 0) is 4.74 Å². The number of benzene rings is 1. The van der Waals surface area contributed by atoms with Crippen LogP contribution in [0, 0.1) is 0 Å². The van der Waals surface area contributed by atoms with Gasteiger partial charge in [-0.15, -0.1) is 0 Å². The van der Waals surface area contributed by atoms with E-state index in [0.29, 0.717) is 6.61 Å². The quantitative estimate of drug-likeness (QED) is 0.402. The Bertz CT molecular complexity index is 488. The van der Waals surface area contributed by atoms with Crippen LogP contribution in [0.3, 0.4) is 0 Å². The lowest BCUT2D eigenvalue weighted by Gasteiger charge is -2.22. The van der Waals surface area contributed by atoms with Crippen LogP contribution in [0.4, 0.5) is 5.69 Å². The molecule has 0 aliphatic heterocycles. The molecule has 1 rings (SSSR count). The number of rotatable bonds is 3. The van der Waals surface area contributed by atoms with Crippen LogP contribution in [0.25, 0.3) is 0 Å². The summed E-state index contributed by atoms with van der Waals surface area (Å²) in [6, 6.07) is 10.0. The number of hydrogen-bond acceptors (Lipinski definition) is 2. The summed E-state index contributed by atoms with van der Waals surface area (Å²) in [4.78, 5) is 4.67. The van der Waals surface area contributed by atoms with E-state index in [9.17, 15) is 0 Å². The van der Waals surface area contributed by atoms with Gasteiger partial charge in [0.2, 0.25) is 0 Å². The van der Waals surface area contributed by atoms with Crippen LogP contribution < -0.4 is 0 Å². The summed E-state index contributed by atoms with van der Waals surface area (Å²) in [7, 11) is -0.371. The Labute approximate surface area is 131 Å². The molecule has 21 heavy (non-hydrogen) atoms. The molecule has 0 atom stereocenters. The molecule has 0 bridgehead atoms. The van der Waals surface area contributed by atoms with Crippen molar-refractivity contribution < 1.29 is 4.74 Å². The molecule has 0 spiro atoms. The zero-order chi connectivity index (χ0) is 16.1. The van der Waals surface area contributed by atoms with Crippen molar-refractivity contribution in [2.75, 3.05) is 6.61 Å². The third-order valence-electron chi connectivity index (χ3n) is 2.97. The van der Waals surface area contributed by atoms with E-state index in [1.165, 1.54) is 0 Å². The summed E-state index contributed by atoms with van der Waals surface area (Å²) in [5, 5.41) is 0.449. The maximum absolute atomic E-state index is 5.78. The lowest BCUT2D eigenvalue weighted by atomic mass is 10.2. The van der Waals surface area contributed by atoms with E-state index in [1.807, 2.05) is 37.3 Å². The van der Waals surface area contributed by atoms with Crippen molar-refractivity contribution in [3.05, 3.63) is 30.3 Å². The highest BCUT2D eigenvalue weighted by Crippen LogP contribution is 2.50. The topological polar surface area (TPSA) is 21.6 Å². The maximum Gasteiger partial charge on any atom is 0.257 e. The van der Waals surface area contributed by atoms with Gasteiger partial charge in [-0.2, -0.15) is 0 Å². The minimum Gasteiger partial charge on any atom is -0.475 e. The molecular weight excluding hydrogens is 277 g/mol. The van der Waals surface area contributed by atoms with Gasteiger partial charge in [-0.05, 0) is 60.6 Å². The predicted molar refractivity (Wildman–Crippen MR) is 97.7 cm³/mol. The Morgan fingerprint density at radius 3 is 2.00 bits per heavy atom. The first-order valence-corrected chi connectivity index (χ1v) is 8.96. The second-order valence-corrected chi connectivity index (χ2v) is 10.7. The van der Waals surface area contributed by atoms with Gasteiger partial charge >= 0.3 is 0 Å². The molecule has 0 amide bonds. The van der Waals surface area contributed by atoms with Gasteiger partial charge in [0.1, 0.15) is 17.9 Å².